The molecule has 0 aliphatic heterocycles. The molecule has 0 aliphatic rings. The van der Waals surface area contributed by atoms with Crippen LogP contribution in [0.15, 0.2) is 0 Å². The van der Waals surface area contributed by atoms with Gasteiger partial charge in [-0.25, -0.2) is 0 Å². The molecule has 0 nitrogen and oxygen atoms in total. The standard InChI is InChI=1S/Al.Cu.Pb.H4Si.Sn.7H/h;;;1H4;;;;;;;;. The summed E-state index contributed by atoms with van der Waals surface area (Å²) in [5.74, 6) is 0. The zero-order valence-corrected chi connectivity index (χ0v) is 12.2. The Kier molecular flexibility index (Phi) is 245. The van der Waals surface area contributed by atoms with Gasteiger partial charge in [-0.1, -0.05) is 0 Å². The molecule has 0 aromatic heterocycles. The Morgan fingerprint density at radius 3 is 1.00 bits per heavy atom. The first-order valence-electron chi connectivity index (χ1n) is 0. The van der Waals surface area contributed by atoms with E-state index in [9.17, 15) is 0 Å². The summed E-state index contributed by atoms with van der Waals surface area (Å²) in [5, 5.41) is 0. The molecule has 5 heteroatoms. The van der Waals surface area contributed by atoms with Crippen molar-refractivity contribution < 1.29 is 17.1 Å². The van der Waals surface area contributed by atoms with Crippen molar-refractivity contribution in [2.75, 3.05) is 0 Å². The van der Waals surface area contributed by atoms with E-state index in [1.54, 1.807) is 0 Å². The van der Waals surface area contributed by atoms with Crippen molar-refractivity contribution in [1.29, 1.82) is 0 Å². The van der Waals surface area contributed by atoms with Crippen LogP contribution in [-0.2, 0) is 17.1 Å². The molecular formula is H11AlCuPbSiSn. The minimum atomic E-state index is 0. The first-order valence-corrected chi connectivity index (χ1v) is 0. The predicted octanol–water partition coefficient (Wildman–Crippen LogP) is -4.47. The second-order valence-corrected chi connectivity index (χ2v) is 0. The SMILES string of the molecule is [AlH3].[Cu].[PbH2].[SiH4].[SnH2]. The van der Waals surface area contributed by atoms with Crippen molar-refractivity contribution in [3.05, 3.63) is 0 Å². The van der Waals surface area contributed by atoms with E-state index in [1.165, 1.54) is 0 Å². The van der Waals surface area contributed by atoms with Crippen molar-refractivity contribution >= 4 is 79.5 Å². The summed E-state index contributed by atoms with van der Waals surface area (Å²) in [6.45, 7) is 0. The first-order chi connectivity index (χ1) is 0. The molecule has 0 N–H and O–H groups in total. The zero-order valence-electron chi connectivity index (χ0n) is 1.72. The first kappa shape index (κ1) is 43.7. The summed E-state index contributed by atoms with van der Waals surface area (Å²) < 4.78 is 0. The van der Waals surface area contributed by atoms with Crippen molar-refractivity contribution in [3.63, 3.8) is 0 Å². The van der Waals surface area contributed by atoms with Crippen LogP contribution in [0.1, 0.15) is 0 Å². The van der Waals surface area contributed by atoms with Crippen LogP contribution < -0.4 is 0 Å². The van der Waals surface area contributed by atoms with E-state index in [0.717, 1.165) is 0 Å². The molecule has 0 fully saturated rings. The molecule has 0 bridgehead atoms. The van der Waals surface area contributed by atoms with Crippen molar-refractivity contribution in [3.8, 4) is 0 Å². The molecule has 5 heavy (non-hydrogen) atoms. The summed E-state index contributed by atoms with van der Waals surface area (Å²) in [7, 11) is 0. The van der Waals surface area contributed by atoms with Crippen LogP contribution in [0, 0.1) is 0 Å². The average molecular weight is 456 g/mol. The molecule has 0 saturated heterocycles. The monoisotopic (exact) mass is 457 g/mol. The molecule has 0 aromatic rings. The van der Waals surface area contributed by atoms with Gasteiger partial charge in [0.2, 0.25) is 0 Å². The topological polar surface area (TPSA) is 0 Å². The Morgan fingerprint density at radius 1 is 1.00 bits per heavy atom. The summed E-state index contributed by atoms with van der Waals surface area (Å²) in [5.41, 5.74) is 0. The summed E-state index contributed by atoms with van der Waals surface area (Å²) in [6, 6.07) is 0. The van der Waals surface area contributed by atoms with Crippen LogP contribution in [0.3, 0.4) is 0 Å². The third-order valence-corrected chi connectivity index (χ3v) is 0. The molecule has 5 radical (unpaired) electrons. The molecule has 0 unspecified atom stereocenters. The van der Waals surface area contributed by atoms with Crippen molar-refractivity contribution in [2.45, 2.75) is 0 Å². The van der Waals surface area contributed by atoms with Gasteiger partial charge in [0.05, 0.1) is 0 Å². The van der Waals surface area contributed by atoms with E-state index in [-0.39, 0.29) is 96.6 Å². The van der Waals surface area contributed by atoms with Gasteiger partial charge in [0.1, 0.15) is 0 Å². The Bertz CT molecular complexity index is 11.6. The second-order valence-electron chi connectivity index (χ2n) is 0. The van der Waals surface area contributed by atoms with E-state index < -0.39 is 0 Å². The van der Waals surface area contributed by atoms with Gasteiger partial charge in [0.15, 0.2) is 17.4 Å². The van der Waals surface area contributed by atoms with Crippen LogP contribution >= 0.6 is 0 Å². The van der Waals surface area contributed by atoms with Crippen LogP contribution in [-0.4, -0.2) is 79.5 Å². The fourth-order valence-electron chi connectivity index (χ4n) is 0. The Balaban J connectivity index is 0. The van der Waals surface area contributed by atoms with Gasteiger partial charge in [-0.05, 0) is 11.0 Å². The third kappa shape index (κ3) is 19.5. The van der Waals surface area contributed by atoms with Gasteiger partial charge in [0, 0.05) is 17.1 Å². The maximum absolute atomic E-state index is 0. The van der Waals surface area contributed by atoms with Gasteiger partial charge in [0.25, 0.3) is 0 Å². The van der Waals surface area contributed by atoms with E-state index in [4.69, 9.17) is 0 Å². The normalized spacial score (nSPS) is 0. The molecule has 0 amide bonds. The van der Waals surface area contributed by atoms with Gasteiger partial charge in [-0.2, -0.15) is 0 Å². The van der Waals surface area contributed by atoms with Gasteiger partial charge < -0.3 is 0 Å². The molecule has 0 rings (SSSR count). The Labute approximate surface area is 95.0 Å². The number of rotatable bonds is 0. The van der Waals surface area contributed by atoms with E-state index >= 15 is 0 Å². The molecule has 0 atom stereocenters. The van der Waals surface area contributed by atoms with Gasteiger partial charge in [-0.15, -0.1) is 0 Å². The molecule has 0 aromatic carbocycles. The summed E-state index contributed by atoms with van der Waals surface area (Å²) in [4.78, 5) is 0. The second kappa shape index (κ2) is 28.1. The van der Waals surface area contributed by atoms with E-state index in [2.05, 4.69) is 0 Å². The van der Waals surface area contributed by atoms with Gasteiger partial charge >= 0.3 is 51.2 Å². The van der Waals surface area contributed by atoms with Gasteiger partial charge in [-0.3, -0.25) is 0 Å². The molecule has 0 heterocycles. The Hall–Kier alpha value is 2.99. The van der Waals surface area contributed by atoms with Crippen LogP contribution in [0.25, 0.3) is 0 Å². The Morgan fingerprint density at radius 2 is 1.00 bits per heavy atom. The number of hydrogen-bond donors (Lipinski definition) is 0. The number of hydrogen-bond acceptors (Lipinski definition) is 0. The van der Waals surface area contributed by atoms with Crippen LogP contribution in [0.2, 0.25) is 0 Å². The molecule has 0 aliphatic carbocycles. The molecule has 0 spiro atoms. The summed E-state index contributed by atoms with van der Waals surface area (Å²) in [6.07, 6.45) is 0. The van der Waals surface area contributed by atoms with E-state index in [1.807, 2.05) is 0 Å². The maximum atomic E-state index is 0. The van der Waals surface area contributed by atoms with E-state index in [0.29, 0.717) is 0 Å². The fraction of sp³-hybridized carbons (Fsp3) is 0. The quantitative estimate of drug-likeness (QED) is 0.324. The summed E-state index contributed by atoms with van der Waals surface area (Å²) >= 11 is 0. The van der Waals surface area contributed by atoms with Crippen molar-refractivity contribution in [1.82, 2.24) is 0 Å². The molecule has 37 valence electrons. The van der Waals surface area contributed by atoms with Crippen LogP contribution in [0.4, 0.5) is 0 Å². The zero-order chi connectivity index (χ0) is 0. The molecular weight excluding hydrogens is 445 g/mol. The fourth-order valence-corrected chi connectivity index (χ4v) is 0. The van der Waals surface area contributed by atoms with Crippen molar-refractivity contribution in [2.24, 2.45) is 0 Å². The molecule has 0 saturated carbocycles. The predicted molar refractivity (Wildman–Crippen MR) is 38.4 cm³/mol. The minimum absolute atomic E-state index is 0. The average Bonchev–Trinajstić information content (AvgIpc) is 0. The van der Waals surface area contributed by atoms with Crippen LogP contribution in [0.5, 0.6) is 0 Å². The third-order valence-electron chi connectivity index (χ3n) is 0.